The van der Waals surface area contributed by atoms with Crippen molar-refractivity contribution in [3.8, 4) is 5.75 Å². The number of aliphatic hydroxyl groups excluding tert-OH is 1. The van der Waals surface area contributed by atoms with Crippen LogP contribution in [0.3, 0.4) is 0 Å². The van der Waals surface area contributed by atoms with E-state index in [1.807, 2.05) is 6.07 Å². The SMILES string of the molecule is CCCCCCCCCCCCCCCC(=O)NC(Cc1ccccc1)C(=O)NC(CCCNC(=N)N)C(=O)NC(CCCNC(=N)N)C(=O)NCC(CC(C)C)C(=O)NC(Cc1cnc[nH]1)C(=O)NC(CO)C(=O)NC(C(=O)N=C(CCCNC(=N)N)C(=O)NC(CC(N)=O)C(=O)NC(Cc1ccc(O)cc1)C(=O)NC(C(=O)NC(Cc1cnc[nH]1)C(N)=O)C(C)CC)C(C)N. The highest BCUT2D eigenvalue weighted by molar-refractivity contribution is 6.41. The number of nitrogens with zero attached hydrogens (tertiary/aromatic N) is 3. The van der Waals surface area contributed by atoms with Crippen LogP contribution in [-0.2, 0) is 92.8 Å². The molecule has 0 saturated carbocycles. The summed E-state index contributed by atoms with van der Waals surface area (Å²) in [6, 6.07) is -2.39. The van der Waals surface area contributed by atoms with Crippen LogP contribution in [0, 0.1) is 34.0 Å². The predicted molar refractivity (Wildman–Crippen MR) is 495 cm³/mol. The van der Waals surface area contributed by atoms with Gasteiger partial charge in [0.25, 0.3) is 11.8 Å². The Labute approximate surface area is 770 Å². The molecule has 4 rings (SSSR count). The van der Waals surface area contributed by atoms with Crippen LogP contribution in [0.25, 0.3) is 0 Å². The number of guanidine groups is 3. The van der Waals surface area contributed by atoms with Gasteiger partial charge in [-0.1, -0.05) is 161 Å². The zero-order valence-electron chi connectivity index (χ0n) is 76.6. The van der Waals surface area contributed by atoms with Crippen LogP contribution in [0.2, 0.25) is 0 Å². The van der Waals surface area contributed by atoms with Gasteiger partial charge in [-0.2, -0.15) is 0 Å². The minimum atomic E-state index is -1.95. The maximum Gasteiger partial charge on any atom is 0.270 e. The Morgan fingerprint density at radius 2 is 0.886 bits per heavy atom. The van der Waals surface area contributed by atoms with Gasteiger partial charge in [-0.05, 0) is 93.4 Å². The minimum absolute atomic E-state index is 0.0469. The second kappa shape index (κ2) is 61.4. The van der Waals surface area contributed by atoms with E-state index in [0.29, 0.717) is 29.8 Å². The van der Waals surface area contributed by atoms with Crippen LogP contribution in [-0.4, -0.2) is 236 Å². The van der Waals surface area contributed by atoms with Crippen molar-refractivity contribution in [2.24, 2.45) is 57.1 Å². The van der Waals surface area contributed by atoms with Gasteiger partial charge >= 0.3 is 0 Å². The number of hydrogen-bond donors (Lipinski definition) is 27. The number of amides is 14. The highest BCUT2D eigenvalue weighted by Crippen LogP contribution is 2.19. The van der Waals surface area contributed by atoms with E-state index in [1.54, 1.807) is 52.0 Å². The van der Waals surface area contributed by atoms with Crippen LogP contribution < -0.4 is 109 Å². The molecule has 0 aliphatic heterocycles. The fourth-order valence-corrected chi connectivity index (χ4v) is 14.2. The van der Waals surface area contributed by atoms with Crippen molar-refractivity contribution in [3.63, 3.8) is 0 Å². The Kier molecular flexibility index (Phi) is 51.7. The van der Waals surface area contributed by atoms with Crippen molar-refractivity contribution >= 4 is 106 Å². The Balaban J connectivity index is 1.59. The molecule has 0 radical (unpaired) electrons. The normalized spacial score (nSPS) is 14.2. The number of aromatic hydroxyl groups is 1. The highest BCUT2D eigenvalue weighted by atomic mass is 16.3. The number of aromatic nitrogens is 4. The first-order valence-corrected chi connectivity index (χ1v) is 45.3. The number of phenols is 1. The molecular formula is C88H142N28O16. The number of unbranched alkanes of at least 4 members (excludes halogenated alkanes) is 12. The molecule has 2 aromatic heterocycles. The van der Waals surface area contributed by atoms with Gasteiger partial charge in [0.05, 0.1) is 31.6 Å². The van der Waals surface area contributed by atoms with Crippen LogP contribution in [0.5, 0.6) is 5.75 Å². The van der Waals surface area contributed by atoms with E-state index in [2.05, 4.69) is 106 Å². The number of aliphatic hydroxyl groups is 1. The molecule has 13 unspecified atom stereocenters. The van der Waals surface area contributed by atoms with E-state index in [9.17, 15) is 77.3 Å². The molecule has 44 heteroatoms. The average molecular weight is 1850 g/mol. The monoisotopic (exact) mass is 1850 g/mol. The molecule has 14 amide bonds. The Bertz CT molecular complexity index is 4350. The van der Waals surface area contributed by atoms with Crippen LogP contribution >= 0.6 is 0 Å². The number of primary amides is 2. The lowest BCUT2D eigenvalue weighted by Crippen LogP contribution is -2.60. The van der Waals surface area contributed by atoms with E-state index >= 15 is 0 Å². The van der Waals surface area contributed by atoms with Crippen molar-refractivity contribution in [1.82, 2.24) is 94.4 Å². The third-order valence-corrected chi connectivity index (χ3v) is 21.7. The molecule has 13 atom stereocenters. The third kappa shape index (κ3) is 44.4. The van der Waals surface area contributed by atoms with Gasteiger partial charge in [0, 0.05) is 88.1 Å². The molecule has 0 spiro atoms. The highest BCUT2D eigenvalue weighted by Gasteiger charge is 2.38. The molecule has 0 saturated heterocycles. The molecule has 0 aliphatic rings. The molecule has 2 aromatic carbocycles. The predicted octanol–water partition coefficient (Wildman–Crippen LogP) is -1.28. The molecule has 0 aliphatic carbocycles. The van der Waals surface area contributed by atoms with Gasteiger partial charge in [0.1, 0.15) is 71.9 Å². The Morgan fingerprint density at radius 3 is 1.38 bits per heavy atom. The number of imidazole rings is 2. The first-order valence-electron chi connectivity index (χ1n) is 45.3. The first-order chi connectivity index (χ1) is 62.9. The summed E-state index contributed by atoms with van der Waals surface area (Å²) in [4.78, 5) is 217. The standard InChI is InChI=1S/C88H142N28O16/c1-7-9-10-11-12-13-14-15-16-17-18-19-23-32-71(120)106-65(41-55-27-21-20-22-28-55)79(126)108-62(30-25-38-101-87(94)95)77(124)107-61(29-24-37-100-86(92)93)76(123)103-46-57(40-52(3)4)75(122)111-67(44-59-48-99-51-105-59)80(127)114-69(49-117)83(130)116-73(54(6)89)85(132)109-63(31-26-39-102-88(96)97)78(125)113-68(45-70(90)119)81(128)112-66(42-56-33-35-60(118)36-34-56)82(129)115-72(53(5)8-2)84(131)110-64(74(91)121)43-58-47-98-50-104-58/h20-22,27-28,33-36,47-48,50-54,57,61-62,64-69,72-73,117-118H,7-19,23-26,29-32,37-46,49,89H2,1-6H3,(H2,90,119)(H2,91,121)(H,98,104)(H,99,105)(H,103,123)(H,106,120)(H,107,124)(H,108,126)(H,110,131)(H,111,122)(H,112,128)(H,113,125)(H,114,127)(H,115,129)(H,116,130)(H4,92,93,100)(H4,94,95,101)(H4,96,97,102). The van der Waals surface area contributed by atoms with Gasteiger partial charge in [-0.3, -0.25) is 83.4 Å². The molecule has 2 heterocycles. The lowest BCUT2D eigenvalue weighted by atomic mass is 9.95. The number of H-pyrrole nitrogens is 2. The molecule has 0 bridgehead atoms. The van der Waals surface area contributed by atoms with Crippen molar-refractivity contribution < 1.29 is 77.3 Å². The van der Waals surface area contributed by atoms with Crippen LogP contribution in [0.15, 0.2) is 84.6 Å². The number of carbonyl (C=O) groups is 14. The average Bonchev–Trinajstić information content (AvgIpc) is 0.979. The number of benzene rings is 2. The molecule has 33 N–H and O–H groups in total. The lowest BCUT2D eigenvalue weighted by Gasteiger charge is -2.28. The van der Waals surface area contributed by atoms with Gasteiger partial charge in [0.15, 0.2) is 17.9 Å². The summed E-state index contributed by atoms with van der Waals surface area (Å²) in [6.45, 7) is 8.94. The van der Waals surface area contributed by atoms with E-state index in [1.165, 1.54) is 108 Å². The fraction of sp³-hybridized carbons (Fsp3) is 0.591. The Morgan fingerprint density at radius 1 is 0.447 bits per heavy atom. The number of nitrogens with one attached hydrogen (secondary N) is 19. The summed E-state index contributed by atoms with van der Waals surface area (Å²) in [6.07, 6.45) is 18.5. The summed E-state index contributed by atoms with van der Waals surface area (Å²) >= 11 is 0. The van der Waals surface area contributed by atoms with E-state index in [0.717, 1.165) is 31.2 Å². The smallest absolute Gasteiger partial charge is 0.270 e. The summed E-state index contributed by atoms with van der Waals surface area (Å²) in [5, 5.41) is 80.7. The zero-order valence-corrected chi connectivity index (χ0v) is 76.6. The largest absolute Gasteiger partial charge is 0.508 e. The summed E-state index contributed by atoms with van der Waals surface area (Å²) in [7, 11) is 0. The molecular weight excluding hydrogens is 1710 g/mol. The second-order valence-electron chi connectivity index (χ2n) is 33.5. The van der Waals surface area contributed by atoms with E-state index in [-0.39, 0.29) is 120 Å². The van der Waals surface area contributed by atoms with Crippen LogP contribution in [0.4, 0.5) is 0 Å². The van der Waals surface area contributed by atoms with E-state index < -0.39 is 193 Å². The van der Waals surface area contributed by atoms with Crippen LogP contribution in [0.1, 0.15) is 212 Å². The zero-order chi connectivity index (χ0) is 97.6. The maximum atomic E-state index is 14.8. The number of rotatable bonds is 66. The van der Waals surface area contributed by atoms with Gasteiger partial charge < -0.3 is 129 Å². The number of phenolic OH excluding ortho intramolecular Hbond substituents is 1. The second-order valence-corrected chi connectivity index (χ2v) is 33.5. The number of aliphatic imine (C=N–C) groups is 1. The van der Waals surface area contributed by atoms with Gasteiger partial charge in [0.2, 0.25) is 70.9 Å². The summed E-state index contributed by atoms with van der Waals surface area (Å²) < 4.78 is 0. The van der Waals surface area contributed by atoms with Crippen molar-refractivity contribution in [2.75, 3.05) is 32.8 Å². The molecule has 44 nitrogen and oxygen atoms in total. The molecule has 730 valence electrons. The van der Waals surface area contributed by atoms with Gasteiger partial charge in [-0.25, -0.2) is 15.0 Å². The number of hydrogen-bond acceptors (Lipinski definition) is 22. The number of nitrogens with two attached hydrogens (primary N) is 6. The Hall–Kier alpha value is -13.2. The topological polar surface area (TPSA) is 745 Å². The quantitative estimate of drug-likeness (QED) is 0.0139. The third-order valence-electron chi connectivity index (χ3n) is 21.7. The van der Waals surface area contributed by atoms with Crippen molar-refractivity contribution in [2.45, 2.75) is 281 Å². The maximum absolute atomic E-state index is 14.8. The molecule has 0 fully saturated rings. The summed E-state index contributed by atoms with van der Waals surface area (Å²) in [5.74, 6) is -16.8. The number of carbonyl (C=O) groups excluding carboxylic acids is 14. The van der Waals surface area contributed by atoms with E-state index in [4.69, 9.17) is 50.6 Å². The first kappa shape index (κ1) is 111. The lowest BCUT2D eigenvalue weighted by molar-refractivity contribution is -0.135. The van der Waals surface area contributed by atoms with Crippen molar-refractivity contribution in [1.29, 1.82) is 16.2 Å². The minimum Gasteiger partial charge on any atom is -0.508 e. The molecule has 132 heavy (non-hydrogen) atoms. The number of aromatic amines is 2. The summed E-state index contributed by atoms with van der Waals surface area (Å²) in [5.41, 5.74) is 35.5. The van der Waals surface area contributed by atoms with Gasteiger partial charge in [-0.15, -0.1) is 0 Å². The fourth-order valence-electron chi connectivity index (χ4n) is 14.2. The van der Waals surface area contributed by atoms with Crippen molar-refractivity contribution in [3.05, 3.63) is 102 Å². The molecule has 4 aromatic rings.